The average Bonchev–Trinajstić information content (AvgIpc) is 2.55. The van der Waals surface area contributed by atoms with Gasteiger partial charge in [-0.1, -0.05) is 12.8 Å². The van der Waals surface area contributed by atoms with Gasteiger partial charge in [-0.25, -0.2) is 9.98 Å². The molecule has 0 aliphatic rings. The summed E-state index contributed by atoms with van der Waals surface area (Å²) in [5.41, 5.74) is 3.56. The Morgan fingerprint density at radius 1 is 1.41 bits per heavy atom. The Morgan fingerprint density at radius 3 is 2.86 bits per heavy atom. The molecule has 0 saturated heterocycles. The van der Waals surface area contributed by atoms with E-state index >= 15 is 0 Å². The summed E-state index contributed by atoms with van der Waals surface area (Å²) in [5.74, 6) is 1.04. The highest BCUT2D eigenvalue weighted by atomic mass is 32.1. The van der Waals surface area contributed by atoms with Crippen molar-refractivity contribution >= 4 is 25.5 Å². The van der Waals surface area contributed by atoms with E-state index in [1.54, 1.807) is 19.5 Å². The fourth-order valence-electron chi connectivity index (χ4n) is 1.92. The van der Waals surface area contributed by atoms with Crippen LogP contribution in [-0.2, 0) is 6.54 Å². The number of methoxy groups -OCH3 is 1. The minimum Gasteiger partial charge on any atom is -0.494 e. The van der Waals surface area contributed by atoms with Crippen LogP contribution in [0.1, 0.15) is 11.3 Å². The normalized spacial score (nSPS) is 11.1. The number of guanidine groups is 1. The van der Waals surface area contributed by atoms with Crippen LogP contribution in [0.3, 0.4) is 0 Å². The first-order chi connectivity index (χ1) is 10.7. The molecule has 6 nitrogen and oxygen atoms in total. The number of thiol groups is 1. The van der Waals surface area contributed by atoms with Crippen molar-refractivity contribution in [2.24, 2.45) is 9.98 Å². The molecule has 2 heterocycles. The highest BCUT2D eigenvalue weighted by Gasteiger charge is 2.09. The van der Waals surface area contributed by atoms with E-state index < -0.39 is 0 Å². The van der Waals surface area contributed by atoms with Crippen LogP contribution in [0.2, 0.25) is 0 Å². The van der Waals surface area contributed by atoms with Crippen molar-refractivity contribution in [2.75, 3.05) is 7.11 Å². The van der Waals surface area contributed by atoms with Gasteiger partial charge in [-0.15, -0.1) is 0 Å². The summed E-state index contributed by atoms with van der Waals surface area (Å²) in [6.45, 7) is 5.74. The first-order valence-electron chi connectivity index (χ1n) is 6.55. The van der Waals surface area contributed by atoms with E-state index in [9.17, 15) is 0 Å². The van der Waals surface area contributed by atoms with E-state index in [0.717, 1.165) is 22.5 Å². The second-order valence-corrected chi connectivity index (χ2v) is 4.71. The number of hydrogen-bond donors (Lipinski definition) is 2. The molecule has 0 aliphatic carbocycles. The molecule has 7 heteroatoms. The predicted molar refractivity (Wildman–Crippen MR) is 91.6 cm³/mol. The van der Waals surface area contributed by atoms with Crippen LogP contribution in [0, 0.1) is 6.92 Å². The van der Waals surface area contributed by atoms with E-state index in [1.165, 1.54) is 0 Å². The van der Waals surface area contributed by atoms with Gasteiger partial charge in [0, 0.05) is 23.7 Å². The van der Waals surface area contributed by atoms with Gasteiger partial charge in [-0.05, 0) is 37.4 Å². The first-order valence-corrected chi connectivity index (χ1v) is 7.00. The molecule has 0 radical (unpaired) electrons. The Kier molecular flexibility index (Phi) is 5.48. The third-order valence-electron chi connectivity index (χ3n) is 2.96. The van der Waals surface area contributed by atoms with Gasteiger partial charge in [0.15, 0.2) is 0 Å². The maximum absolute atomic E-state index is 5.44. The van der Waals surface area contributed by atoms with Gasteiger partial charge in [-0.3, -0.25) is 9.97 Å². The number of hydrogen-bond acceptors (Lipinski definition) is 5. The number of nitrogens with zero attached hydrogens (tertiary/aromatic N) is 4. The molecule has 0 unspecified atom stereocenters. The molecule has 0 amide bonds. The van der Waals surface area contributed by atoms with E-state index in [-0.39, 0.29) is 0 Å². The number of rotatable bonds is 4. The Hall–Kier alpha value is -2.41. The second kappa shape index (κ2) is 7.56. The standard InChI is InChI=1S/C15H17N5OS/c1-10-6-12(4-5-17-10)14-13(21-3)7-11(8-18-14)9-19-15(16-2)20-22/h4-8,22H,2,9H2,1,3H3,(H,19,20). The van der Waals surface area contributed by atoms with Gasteiger partial charge in [-0.2, -0.15) is 0 Å². The van der Waals surface area contributed by atoms with E-state index in [4.69, 9.17) is 4.74 Å². The van der Waals surface area contributed by atoms with Crippen LogP contribution in [0.5, 0.6) is 5.75 Å². The van der Waals surface area contributed by atoms with E-state index in [1.807, 2.05) is 25.1 Å². The van der Waals surface area contributed by atoms with Crippen LogP contribution in [-0.4, -0.2) is 29.8 Å². The fourth-order valence-corrected chi connectivity index (χ4v) is 2.07. The van der Waals surface area contributed by atoms with Crippen LogP contribution in [0.25, 0.3) is 11.3 Å². The predicted octanol–water partition coefficient (Wildman–Crippen LogP) is 2.45. The van der Waals surface area contributed by atoms with Gasteiger partial charge < -0.3 is 9.46 Å². The quantitative estimate of drug-likeness (QED) is 0.516. The molecule has 0 fully saturated rings. The minimum absolute atomic E-state index is 0.358. The van der Waals surface area contributed by atoms with Gasteiger partial charge in [0.25, 0.3) is 0 Å². The first kappa shape index (κ1) is 16.0. The van der Waals surface area contributed by atoms with Gasteiger partial charge in [0.1, 0.15) is 11.4 Å². The number of aromatic nitrogens is 2. The highest BCUT2D eigenvalue weighted by molar-refractivity contribution is 7.78. The number of nitrogens with one attached hydrogen (secondary N) is 1. The Labute approximate surface area is 134 Å². The van der Waals surface area contributed by atoms with Crippen molar-refractivity contribution < 1.29 is 4.74 Å². The summed E-state index contributed by atoms with van der Waals surface area (Å²) in [6, 6.07) is 5.77. The Bertz CT molecular complexity index is 702. The van der Waals surface area contributed by atoms with Crippen molar-refractivity contribution in [1.29, 1.82) is 0 Å². The molecule has 0 bridgehead atoms. The Morgan fingerprint density at radius 2 is 2.23 bits per heavy atom. The number of aryl methyl sites for hydroxylation is 1. The molecule has 0 saturated carbocycles. The average molecular weight is 315 g/mol. The fraction of sp³-hybridized carbons (Fsp3) is 0.200. The molecule has 114 valence electrons. The lowest BCUT2D eigenvalue weighted by molar-refractivity contribution is 0.414. The largest absolute Gasteiger partial charge is 0.494 e. The molecule has 2 aromatic heterocycles. The number of ether oxygens (including phenoxy) is 1. The van der Waals surface area contributed by atoms with Crippen molar-refractivity contribution in [3.63, 3.8) is 0 Å². The van der Waals surface area contributed by atoms with Gasteiger partial charge in [0.2, 0.25) is 5.96 Å². The van der Waals surface area contributed by atoms with Crippen LogP contribution < -0.4 is 9.46 Å². The molecule has 1 N–H and O–H groups in total. The van der Waals surface area contributed by atoms with Crippen LogP contribution >= 0.6 is 12.8 Å². The zero-order chi connectivity index (χ0) is 15.9. The molecule has 2 aromatic rings. The minimum atomic E-state index is 0.358. The lowest BCUT2D eigenvalue weighted by Crippen LogP contribution is -2.09. The zero-order valence-electron chi connectivity index (χ0n) is 12.4. The van der Waals surface area contributed by atoms with E-state index in [0.29, 0.717) is 18.3 Å². The number of aliphatic imine (C=N–C) groups is 2. The van der Waals surface area contributed by atoms with Crippen LogP contribution in [0.4, 0.5) is 0 Å². The van der Waals surface area contributed by atoms with Gasteiger partial charge >= 0.3 is 0 Å². The summed E-state index contributed by atoms with van der Waals surface area (Å²) in [4.78, 5) is 16.6. The highest BCUT2D eigenvalue weighted by Crippen LogP contribution is 2.28. The number of pyridine rings is 2. The third-order valence-corrected chi connectivity index (χ3v) is 3.16. The van der Waals surface area contributed by atoms with Crippen molar-refractivity contribution in [1.82, 2.24) is 14.7 Å². The van der Waals surface area contributed by atoms with Crippen molar-refractivity contribution in [3.8, 4) is 17.0 Å². The SMILES string of the molecule is C=NC(=NCc1cnc(-c2ccnc(C)c2)c(OC)c1)NS. The lowest BCUT2D eigenvalue weighted by atomic mass is 10.1. The molecule has 0 aromatic carbocycles. The van der Waals surface area contributed by atoms with Crippen LogP contribution in [0.15, 0.2) is 40.6 Å². The molecule has 2 rings (SSSR count). The zero-order valence-corrected chi connectivity index (χ0v) is 13.3. The van der Waals surface area contributed by atoms with Crippen molar-refractivity contribution in [3.05, 3.63) is 41.9 Å². The third kappa shape index (κ3) is 3.82. The maximum atomic E-state index is 5.44. The molecular formula is C15H17N5OS. The second-order valence-electron chi connectivity index (χ2n) is 4.49. The summed E-state index contributed by atoms with van der Waals surface area (Å²) < 4.78 is 7.99. The molecule has 0 aliphatic heterocycles. The van der Waals surface area contributed by atoms with E-state index in [2.05, 4.69) is 44.2 Å². The molecule has 0 atom stereocenters. The molecular weight excluding hydrogens is 298 g/mol. The summed E-state index contributed by atoms with van der Waals surface area (Å²) >= 11 is 3.89. The topological polar surface area (TPSA) is 71.8 Å². The molecule has 0 spiro atoms. The Balaban J connectivity index is 2.32. The smallest absolute Gasteiger partial charge is 0.227 e. The summed E-state index contributed by atoms with van der Waals surface area (Å²) in [7, 11) is 1.62. The van der Waals surface area contributed by atoms with Crippen molar-refractivity contribution in [2.45, 2.75) is 13.5 Å². The summed E-state index contributed by atoms with van der Waals surface area (Å²) in [5, 5.41) is 0. The lowest BCUT2D eigenvalue weighted by Gasteiger charge is -2.09. The van der Waals surface area contributed by atoms with Gasteiger partial charge in [0.05, 0.1) is 13.7 Å². The monoisotopic (exact) mass is 315 g/mol. The maximum Gasteiger partial charge on any atom is 0.227 e. The molecule has 22 heavy (non-hydrogen) atoms. The summed E-state index contributed by atoms with van der Waals surface area (Å²) in [6.07, 6.45) is 3.51.